The van der Waals surface area contributed by atoms with E-state index in [1.807, 2.05) is 84.4 Å². The summed E-state index contributed by atoms with van der Waals surface area (Å²) < 4.78 is 5.65. The molecular weight excluding hydrogens is 454 g/mol. The van der Waals surface area contributed by atoms with Gasteiger partial charge in [-0.15, -0.1) is 22.7 Å². The third-order valence-corrected chi connectivity index (χ3v) is 6.48. The molecule has 33 heavy (non-hydrogen) atoms. The van der Waals surface area contributed by atoms with Gasteiger partial charge in [-0.25, -0.2) is 4.98 Å². The molecule has 0 atom stereocenters. The van der Waals surface area contributed by atoms with E-state index in [1.165, 1.54) is 27.7 Å². The minimum atomic E-state index is -0.339. The van der Waals surface area contributed by atoms with Gasteiger partial charge in [0.2, 0.25) is 5.13 Å². The standard InChI is InChI=1S/C24H19N5O2S2/c1-2-31-19-12-7-6-11-17(19)26-27-22-21(20-13-8-14-32-20)28-29(23(22)30)24-25-18(15-33-24)16-9-4-3-5-10-16/h3-15,26H,2H2,1H3/b27-22+. The van der Waals surface area contributed by atoms with Crippen molar-refractivity contribution in [3.63, 3.8) is 0 Å². The molecule has 1 N–H and O–H groups in total. The van der Waals surface area contributed by atoms with Gasteiger partial charge in [-0.2, -0.15) is 15.2 Å². The highest BCUT2D eigenvalue weighted by Gasteiger charge is 2.36. The van der Waals surface area contributed by atoms with E-state index in [2.05, 4.69) is 20.6 Å². The fraction of sp³-hybridized carbons (Fsp3) is 0.0833. The van der Waals surface area contributed by atoms with E-state index in [1.54, 1.807) is 0 Å². The second-order valence-electron chi connectivity index (χ2n) is 6.93. The number of amides is 1. The van der Waals surface area contributed by atoms with Gasteiger partial charge >= 0.3 is 5.91 Å². The minimum Gasteiger partial charge on any atom is -0.492 e. The highest BCUT2D eigenvalue weighted by Crippen LogP contribution is 2.31. The van der Waals surface area contributed by atoms with Crippen LogP contribution in [0, 0.1) is 0 Å². The Morgan fingerprint density at radius 1 is 1.03 bits per heavy atom. The van der Waals surface area contributed by atoms with Crippen molar-refractivity contribution in [1.82, 2.24) is 4.98 Å². The van der Waals surface area contributed by atoms with Crippen molar-refractivity contribution < 1.29 is 9.53 Å². The van der Waals surface area contributed by atoms with E-state index < -0.39 is 0 Å². The number of anilines is 2. The Balaban J connectivity index is 1.48. The van der Waals surface area contributed by atoms with E-state index in [0.717, 1.165) is 16.1 Å². The summed E-state index contributed by atoms with van der Waals surface area (Å²) in [6.45, 7) is 2.44. The average Bonchev–Trinajstić information content (AvgIpc) is 3.60. The van der Waals surface area contributed by atoms with Crippen LogP contribution >= 0.6 is 22.7 Å². The molecule has 0 saturated heterocycles. The van der Waals surface area contributed by atoms with Crippen LogP contribution in [-0.2, 0) is 4.79 Å². The summed E-state index contributed by atoms with van der Waals surface area (Å²) in [5.74, 6) is 0.322. The number of para-hydroxylation sites is 2. The van der Waals surface area contributed by atoms with Crippen molar-refractivity contribution in [2.24, 2.45) is 10.2 Å². The summed E-state index contributed by atoms with van der Waals surface area (Å²) in [5.41, 5.74) is 6.17. The van der Waals surface area contributed by atoms with Crippen molar-refractivity contribution in [1.29, 1.82) is 0 Å². The maximum absolute atomic E-state index is 13.4. The van der Waals surface area contributed by atoms with Crippen LogP contribution in [0.2, 0.25) is 0 Å². The molecule has 3 heterocycles. The zero-order chi connectivity index (χ0) is 22.6. The summed E-state index contributed by atoms with van der Waals surface area (Å²) in [4.78, 5) is 18.9. The third kappa shape index (κ3) is 4.28. The first-order valence-corrected chi connectivity index (χ1v) is 12.0. The van der Waals surface area contributed by atoms with Gasteiger partial charge in [0, 0.05) is 10.9 Å². The third-order valence-electron chi connectivity index (χ3n) is 4.79. The smallest absolute Gasteiger partial charge is 0.303 e. The first-order valence-electron chi connectivity index (χ1n) is 10.3. The monoisotopic (exact) mass is 473 g/mol. The summed E-state index contributed by atoms with van der Waals surface area (Å²) in [5, 5.41) is 14.7. The molecule has 0 aliphatic carbocycles. The van der Waals surface area contributed by atoms with Crippen LogP contribution in [0.3, 0.4) is 0 Å². The lowest BCUT2D eigenvalue weighted by atomic mass is 10.2. The molecule has 1 amide bonds. The van der Waals surface area contributed by atoms with Crippen molar-refractivity contribution in [2.75, 3.05) is 17.0 Å². The van der Waals surface area contributed by atoms with E-state index in [-0.39, 0.29) is 11.6 Å². The van der Waals surface area contributed by atoms with E-state index in [9.17, 15) is 4.79 Å². The lowest BCUT2D eigenvalue weighted by Crippen LogP contribution is -2.28. The van der Waals surface area contributed by atoms with E-state index in [4.69, 9.17) is 4.74 Å². The average molecular weight is 474 g/mol. The number of carbonyl (C=O) groups excluding carboxylic acids is 1. The summed E-state index contributed by atoms with van der Waals surface area (Å²) in [6, 6.07) is 21.1. The molecule has 0 spiro atoms. The Hall–Kier alpha value is -3.82. The van der Waals surface area contributed by atoms with Gasteiger partial charge in [0.05, 0.1) is 22.9 Å². The number of nitrogens with one attached hydrogen (secondary N) is 1. The number of hydrogen-bond donors (Lipinski definition) is 1. The van der Waals surface area contributed by atoms with Crippen molar-refractivity contribution in [3.05, 3.63) is 82.4 Å². The highest BCUT2D eigenvalue weighted by molar-refractivity contribution is 7.15. The van der Waals surface area contributed by atoms with Gasteiger partial charge in [-0.1, -0.05) is 48.5 Å². The Labute approximate surface area is 198 Å². The maximum Gasteiger partial charge on any atom is 0.303 e. The van der Waals surface area contributed by atoms with Crippen LogP contribution in [0.4, 0.5) is 10.8 Å². The van der Waals surface area contributed by atoms with Crippen LogP contribution < -0.4 is 15.2 Å². The fourth-order valence-corrected chi connectivity index (χ4v) is 4.75. The first kappa shape index (κ1) is 21.0. The van der Waals surface area contributed by atoms with Crippen LogP contribution in [0.25, 0.3) is 11.3 Å². The zero-order valence-corrected chi connectivity index (χ0v) is 19.3. The fourth-order valence-electron chi connectivity index (χ4n) is 3.26. The van der Waals surface area contributed by atoms with E-state index in [0.29, 0.717) is 28.9 Å². The van der Waals surface area contributed by atoms with Gasteiger partial charge in [-0.05, 0) is 30.5 Å². The van der Waals surface area contributed by atoms with Crippen LogP contribution in [-0.4, -0.2) is 28.9 Å². The van der Waals surface area contributed by atoms with Crippen LogP contribution in [0.5, 0.6) is 5.75 Å². The molecule has 0 bridgehead atoms. The van der Waals surface area contributed by atoms with Crippen molar-refractivity contribution >= 4 is 50.8 Å². The van der Waals surface area contributed by atoms with Gasteiger partial charge in [0.25, 0.3) is 0 Å². The molecule has 164 valence electrons. The number of hydrogen-bond acceptors (Lipinski definition) is 8. The molecule has 9 heteroatoms. The predicted octanol–water partition coefficient (Wildman–Crippen LogP) is 5.49. The van der Waals surface area contributed by atoms with Gasteiger partial charge < -0.3 is 4.74 Å². The number of thiophene rings is 1. The molecule has 0 fully saturated rings. The normalized spacial score (nSPS) is 14.6. The molecule has 7 nitrogen and oxygen atoms in total. The first-order chi connectivity index (χ1) is 16.2. The number of aromatic nitrogens is 1. The maximum atomic E-state index is 13.4. The number of ether oxygens (including phenoxy) is 1. The lowest BCUT2D eigenvalue weighted by molar-refractivity contribution is -0.112. The molecule has 2 aromatic carbocycles. The van der Waals surface area contributed by atoms with Crippen LogP contribution in [0.1, 0.15) is 11.8 Å². The van der Waals surface area contributed by atoms with Crippen molar-refractivity contribution in [3.8, 4) is 17.0 Å². The molecule has 5 rings (SSSR count). The molecule has 1 aliphatic heterocycles. The topological polar surface area (TPSA) is 79.2 Å². The number of hydrazone groups is 2. The molecule has 0 saturated carbocycles. The van der Waals surface area contributed by atoms with E-state index >= 15 is 0 Å². The lowest BCUT2D eigenvalue weighted by Gasteiger charge is -2.09. The zero-order valence-electron chi connectivity index (χ0n) is 17.6. The van der Waals surface area contributed by atoms with Crippen LogP contribution in [0.15, 0.2) is 87.7 Å². The number of nitrogens with zero attached hydrogens (tertiary/aromatic N) is 4. The predicted molar refractivity (Wildman–Crippen MR) is 135 cm³/mol. The molecular formula is C24H19N5O2S2. The summed E-state index contributed by atoms with van der Waals surface area (Å²) in [7, 11) is 0. The number of rotatable bonds is 7. The number of carbonyl (C=O) groups is 1. The summed E-state index contributed by atoms with van der Waals surface area (Å²) >= 11 is 2.86. The Kier molecular flexibility index (Phi) is 5.97. The molecule has 2 aromatic heterocycles. The number of thiazole rings is 1. The molecule has 1 aliphatic rings. The summed E-state index contributed by atoms with van der Waals surface area (Å²) in [6.07, 6.45) is 0. The highest BCUT2D eigenvalue weighted by atomic mass is 32.1. The Bertz CT molecular complexity index is 1330. The molecule has 0 unspecified atom stereocenters. The second kappa shape index (κ2) is 9.35. The van der Waals surface area contributed by atoms with Gasteiger partial charge in [0.15, 0.2) is 5.71 Å². The number of benzene rings is 2. The molecule has 0 radical (unpaired) electrons. The van der Waals surface area contributed by atoms with Gasteiger partial charge in [-0.3, -0.25) is 10.2 Å². The largest absolute Gasteiger partial charge is 0.492 e. The van der Waals surface area contributed by atoms with Gasteiger partial charge in [0.1, 0.15) is 11.5 Å². The van der Waals surface area contributed by atoms with Crippen molar-refractivity contribution in [2.45, 2.75) is 6.92 Å². The second-order valence-corrected chi connectivity index (χ2v) is 8.71. The minimum absolute atomic E-state index is 0.222. The Morgan fingerprint density at radius 2 is 1.85 bits per heavy atom. The SMILES string of the molecule is CCOc1ccccc1N/N=C1/C(=O)N(c2nc(-c3ccccc3)cs2)N=C1c1cccs1. The molecule has 4 aromatic rings. The Morgan fingerprint density at radius 3 is 2.64 bits per heavy atom. The quantitative estimate of drug-likeness (QED) is 0.360.